The average Bonchev–Trinajstić information content (AvgIpc) is 2.92. The van der Waals surface area contributed by atoms with Crippen LogP contribution in [0.2, 0.25) is 0 Å². The summed E-state index contributed by atoms with van der Waals surface area (Å²) in [6.45, 7) is 1.22. The van der Waals surface area contributed by atoms with E-state index in [1.807, 2.05) is 0 Å². The van der Waals surface area contributed by atoms with E-state index in [4.69, 9.17) is 9.47 Å². The van der Waals surface area contributed by atoms with Crippen LogP contribution in [0, 0.1) is 0 Å². The van der Waals surface area contributed by atoms with Crippen molar-refractivity contribution in [2.45, 2.75) is 19.0 Å². The van der Waals surface area contributed by atoms with Gasteiger partial charge in [0.05, 0.1) is 0 Å². The maximum Gasteiger partial charge on any atom is 0.231 e. The van der Waals surface area contributed by atoms with Gasteiger partial charge < -0.3 is 14.8 Å². The lowest BCUT2D eigenvalue weighted by Gasteiger charge is -2.26. The number of nitrogens with one attached hydrogen (secondary N) is 1. The number of rotatable bonds is 1. The molecule has 4 rings (SSSR count). The largest absolute Gasteiger partial charge is 0.454 e. The lowest BCUT2D eigenvalue weighted by Crippen LogP contribution is -2.28. The van der Waals surface area contributed by atoms with Crippen molar-refractivity contribution in [2.75, 3.05) is 6.79 Å². The van der Waals surface area contributed by atoms with Gasteiger partial charge in [-0.2, -0.15) is 0 Å². The summed E-state index contributed by atoms with van der Waals surface area (Å²) in [5.41, 5.74) is 4.01. The van der Waals surface area contributed by atoms with E-state index >= 15 is 0 Å². The first-order valence-electron chi connectivity index (χ1n) is 6.60. The maximum atomic E-state index is 5.46. The molecule has 0 radical (unpaired) electrons. The lowest BCUT2D eigenvalue weighted by molar-refractivity contribution is 0.174. The molecule has 0 amide bonds. The highest BCUT2D eigenvalue weighted by Crippen LogP contribution is 2.37. The quantitative estimate of drug-likeness (QED) is 0.847. The maximum absolute atomic E-state index is 5.46. The molecule has 96 valence electrons. The van der Waals surface area contributed by atoms with E-state index in [0.717, 1.165) is 24.5 Å². The SMILES string of the molecule is c1ccc([C@@H]2Cc3cc4c(cc3CN2)OCO4)cc1. The van der Waals surface area contributed by atoms with Crippen molar-refractivity contribution in [2.24, 2.45) is 0 Å². The summed E-state index contributed by atoms with van der Waals surface area (Å²) in [5, 5.41) is 3.59. The highest BCUT2D eigenvalue weighted by atomic mass is 16.7. The Kier molecular flexibility index (Phi) is 2.45. The number of ether oxygens (including phenoxy) is 2. The van der Waals surface area contributed by atoms with Crippen molar-refractivity contribution in [3.8, 4) is 11.5 Å². The van der Waals surface area contributed by atoms with Gasteiger partial charge in [-0.05, 0) is 35.2 Å². The van der Waals surface area contributed by atoms with Crippen LogP contribution in [0.25, 0.3) is 0 Å². The molecule has 0 saturated heterocycles. The van der Waals surface area contributed by atoms with Crippen molar-refractivity contribution in [3.63, 3.8) is 0 Å². The van der Waals surface area contributed by atoms with E-state index in [1.54, 1.807) is 0 Å². The zero-order valence-electron chi connectivity index (χ0n) is 10.6. The van der Waals surface area contributed by atoms with Gasteiger partial charge >= 0.3 is 0 Å². The lowest BCUT2D eigenvalue weighted by atomic mass is 9.91. The smallest absolute Gasteiger partial charge is 0.231 e. The third-order valence-corrected chi connectivity index (χ3v) is 3.86. The van der Waals surface area contributed by atoms with E-state index in [1.165, 1.54) is 16.7 Å². The van der Waals surface area contributed by atoms with Crippen molar-refractivity contribution in [1.29, 1.82) is 0 Å². The summed E-state index contributed by atoms with van der Waals surface area (Å²) in [5.74, 6) is 1.76. The molecule has 2 aromatic rings. The van der Waals surface area contributed by atoms with Crippen LogP contribution in [-0.2, 0) is 13.0 Å². The molecule has 1 N–H and O–H groups in total. The molecule has 0 aromatic heterocycles. The van der Waals surface area contributed by atoms with Crippen LogP contribution in [-0.4, -0.2) is 6.79 Å². The molecular formula is C16H15NO2. The van der Waals surface area contributed by atoms with E-state index < -0.39 is 0 Å². The van der Waals surface area contributed by atoms with Crippen LogP contribution in [0.1, 0.15) is 22.7 Å². The fraction of sp³-hybridized carbons (Fsp3) is 0.250. The van der Waals surface area contributed by atoms with E-state index in [9.17, 15) is 0 Å². The Balaban J connectivity index is 1.67. The topological polar surface area (TPSA) is 30.5 Å². The van der Waals surface area contributed by atoms with Gasteiger partial charge in [0.15, 0.2) is 11.5 Å². The van der Waals surface area contributed by atoms with Crippen LogP contribution in [0.15, 0.2) is 42.5 Å². The van der Waals surface area contributed by atoms with E-state index in [2.05, 4.69) is 47.8 Å². The molecule has 0 unspecified atom stereocenters. The first-order valence-corrected chi connectivity index (χ1v) is 6.60. The molecule has 2 aromatic carbocycles. The monoisotopic (exact) mass is 253 g/mol. The Hall–Kier alpha value is -2.00. The summed E-state index contributed by atoms with van der Waals surface area (Å²) in [4.78, 5) is 0. The van der Waals surface area contributed by atoms with Gasteiger partial charge in [-0.3, -0.25) is 0 Å². The molecule has 3 nitrogen and oxygen atoms in total. The fourth-order valence-electron chi connectivity index (χ4n) is 2.83. The molecular weight excluding hydrogens is 238 g/mol. The standard InChI is InChI=1S/C16H15NO2/c1-2-4-11(5-3-1)14-6-12-7-15-16(19-10-18-15)8-13(12)9-17-14/h1-5,7-8,14,17H,6,9-10H2/t14-/m0/s1. The van der Waals surface area contributed by atoms with Crippen LogP contribution < -0.4 is 14.8 Å². The molecule has 0 fully saturated rings. The third-order valence-electron chi connectivity index (χ3n) is 3.86. The van der Waals surface area contributed by atoms with Crippen molar-refractivity contribution < 1.29 is 9.47 Å². The highest BCUT2D eigenvalue weighted by Gasteiger charge is 2.23. The third kappa shape index (κ3) is 1.87. The predicted octanol–water partition coefficient (Wildman–Crippen LogP) is 2.80. The van der Waals surface area contributed by atoms with Gasteiger partial charge in [0.2, 0.25) is 6.79 Å². The number of hydrogen-bond acceptors (Lipinski definition) is 3. The minimum atomic E-state index is 0.341. The van der Waals surface area contributed by atoms with E-state index in [0.29, 0.717) is 12.8 Å². The first-order chi connectivity index (χ1) is 9.40. The molecule has 19 heavy (non-hydrogen) atoms. The second-order valence-corrected chi connectivity index (χ2v) is 5.02. The number of fused-ring (bicyclic) bond motifs is 2. The van der Waals surface area contributed by atoms with Crippen LogP contribution >= 0.6 is 0 Å². The molecule has 0 bridgehead atoms. The van der Waals surface area contributed by atoms with Crippen LogP contribution in [0.5, 0.6) is 11.5 Å². The minimum absolute atomic E-state index is 0.341. The van der Waals surface area contributed by atoms with Crippen molar-refractivity contribution in [3.05, 3.63) is 59.2 Å². The van der Waals surface area contributed by atoms with Gasteiger partial charge in [-0.25, -0.2) is 0 Å². The summed E-state index contributed by atoms with van der Waals surface area (Å²) in [7, 11) is 0. The van der Waals surface area contributed by atoms with Gasteiger partial charge in [-0.15, -0.1) is 0 Å². The molecule has 2 aliphatic heterocycles. The Bertz CT molecular complexity index is 610. The van der Waals surface area contributed by atoms with Crippen LogP contribution in [0.3, 0.4) is 0 Å². The number of hydrogen-bond donors (Lipinski definition) is 1. The Morgan fingerprint density at radius 3 is 2.47 bits per heavy atom. The predicted molar refractivity (Wildman–Crippen MR) is 72.3 cm³/mol. The summed E-state index contributed by atoms with van der Waals surface area (Å²) >= 11 is 0. The van der Waals surface area contributed by atoms with Gasteiger partial charge in [-0.1, -0.05) is 30.3 Å². The van der Waals surface area contributed by atoms with E-state index in [-0.39, 0.29) is 0 Å². The number of benzene rings is 2. The van der Waals surface area contributed by atoms with Crippen molar-refractivity contribution in [1.82, 2.24) is 5.32 Å². The average molecular weight is 253 g/mol. The summed E-state index contributed by atoms with van der Waals surface area (Å²) in [6, 6.07) is 15.2. The van der Waals surface area contributed by atoms with Crippen molar-refractivity contribution >= 4 is 0 Å². The summed E-state index contributed by atoms with van der Waals surface area (Å²) in [6.07, 6.45) is 0.996. The highest BCUT2D eigenvalue weighted by molar-refractivity contribution is 5.50. The molecule has 1 atom stereocenters. The minimum Gasteiger partial charge on any atom is -0.454 e. The zero-order valence-corrected chi connectivity index (χ0v) is 10.6. The Morgan fingerprint density at radius 2 is 1.68 bits per heavy atom. The van der Waals surface area contributed by atoms with Crippen LogP contribution in [0.4, 0.5) is 0 Å². The molecule has 3 heteroatoms. The van der Waals surface area contributed by atoms with Gasteiger partial charge in [0.1, 0.15) is 0 Å². The Morgan fingerprint density at radius 1 is 0.947 bits per heavy atom. The fourth-order valence-corrected chi connectivity index (χ4v) is 2.83. The molecule has 2 heterocycles. The molecule has 0 aliphatic carbocycles. The summed E-state index contributed by atoms with van der Waals surface area (Å²) < 4.78 is 10.9. The first kappa shape index (κ1) is 10.9. The second-order valence-electron chi connectivity index (χ2n) is 5.02. The molecule has 0 saturated carbocycles. The molecule has 2 aliphatic rings. The Labute approximate surface area is 112 Å². The zero-order chi connectivity index (χ0) is 12.7. The van der Waals surface area contributed by atoms with Gasteiger partial charge in [0, 0.05) is 12.6 Å². The normalized spacial score (nSPS) is 20.1. The molecule has 0 spiro atoms. The van der Waals surface area contributed by atoms with Gasteiger partial charge in [0.25, 0.3) is 0 Å². The second kappa shape index (κ2) is 4.28.